The van der Waals surface area contributed by atoms with Gasteiger partial charge in [0.2, 0.25) is 0 Å². The minimum absolute atomic E-state index is 0.472. The maximum absolute atomic E-state index is 5.83. The van der Waals surface area contributed by atoms with E-state index in [4.69, 9.17) is 23.2 Å². The van der Waals surface area contributed by atoms with Gasteiger partial charge in [-0.05, 0) is 24.8 Å². The van der Waals surface area contributed by atoms with Gasteiger partial charge in [-0.2, -0.15) is 0 Å². The molecule has 54 valence electrons. The Balaban J connectivity index is 2.23. The van der Waals surface area contributed by atoms with E-state index in [0.717, 1.165) is 11.5 Å². The van der Waals surface area contributed by atoms with E-state index in [9.17, 15) is 0 Å². The highest BCUT2D eigenvalue weighted by Crippen LogP contribution is 2.41. The fourth-order valence-electron chi connectivity index (χ4n) is 1.24. The van der Waals surface area contributed by atoms with E-state index in [0.29, 0.717) is 17.1 Å². The van der Waals surface area contributed by atoms with Gasteiger partial charge in [-0.3, -0.25) is 4.99 Å². The quantitative estimate of drug-likeness (QED) is 0.537. The molecule has 1 heterocycles. The van der Waals surface area contributed by atoms with Crippen LogP contribution in [0.25, 0.3) is 0 Å². The van der Waals surface area contributed by atoms with Crippen LogP contribution in [0, 0.1) is 5.92 Å². The number of nitrogens with zero attached hydrogens (tertiary/aromatic N) is 1. The minimum Gasteiger partial charge on any atom is -0.269 e. The second kappa shape index (κ2) is 2.24. The van der Waals surface area contributed by atoms with Crippen molar-refractivity contribution in [2.75, 3.05) is 0 Å². The molecular formula is C7H7Cl2N. The number of hydrogen-bond donors (Lipinski definition) is 0. The predicted octanol–water partition coefficient (Wildman–Crippen LogP) is 2.54. The molecule has 0 N–H and O–H groups in total. The van der Waals surface area contributed by atoms with Crippen LogP contribution < -0.4 is 0 Å². The summed E-state index contributed by atoms with van der Waals surface area (Å²) in [6.07, 6.45) is 3.88. The molecule has 1 aliphatic carbocycles. The average molecular weight is 176 g/mol. The van der Waals surface area contributed by atoms with E-state index in [-0.39, 0.29) is 0 Å². The Labute approximate surface area is 69.7 Å². The van der Waals surface area contributed by atoms with Crippen molar-refractivity contribution in [1.82, 2.24) is 0 Å². The van der Waals surface area contributed by atoms with Crippen LogP contribution >= 0.6 is 23.2 Å². The number of halogens is 2. The van der Waals surface area contributed by atoms with Crippen LogP contribution in [0.15, 0.2) is 16.1 Å². The molecule has 0 saturated heterocycles. The second-order valence-electron chi connectivity index (χ2n) is 2.81. The van der Waals surface area contributed by atoms with Crippen LogP contribution in [0.3, 0.4) is 0 Å². The molecule has 0 spiro atoms. The first-order valence-corrected chi connectivity index (χ1v) is 4.10. The number of allylic oxidation sites excluding steroid dienone is 2. The van der Waals surface area contributed by atoms with Crippen molar-refractivity contribution in [3.05, 3.63) is 11.1 Å². The lowest BCUT2D eigenvalue weighted by Crippen LogP contribution is -1.82. The topological polar surface area (TPSA) is 12.4 Å². The van der Waals surface area contributed by atoms with Gasteiger partial charge in [-0.25, -0.2) is 0 Å². The highest BCUT2D eigenvalue weighted by Gasteiger charge is 2.38. The third kappa shape index (κ3) is 1.21. The van der Waals surface area contributed by atoms with E-state index < -0.39 is 0 Å². The third-order valence-electron chi connectivity index (χ3n) is 1.91. The first-order chi connectivity index (χ1) is 4.75. The SMILES string of the molecule is ClC1=CC(Cl)=NC2CC2C1. The van der Waals surface area contributed by atoms with Gasteiger partial charge < -0.3 is 0 Å². The number of aliphatic imine (C=N–C) groups is 1. The molecule has 0 aromatic heterocycles. The standard InChI is InChI=1S/C7H7Cl2N/c8-5-1-4-2-6(4)10-7(9)3-5/h3-4,6H,1-2H2. The van der Waals surface area contributed by atoms with Crippen molar-refractivity contribution >= 4 is 28.4 Å². The van der Waals surface area contributed by atoms with Crippen molar-refractivity contribution in [3.63, 3.8) is 0 Å². The summed E-state index contributed by atoms with van der Waals surface area (Å²) >= 11 is 11.6. The van der Waals surface area contributed by atoms with Gasteiger partial charge in [0, 0.05) is 5.03 Å². The van der Waals surface area contributed by atoms with Crippen LogP contribution in [0.4, 0.5) is 0 Å². The fourth-order valence-corrected chi connectivity index (χ4v) is 1.86. The normalized spacial score (nSPS) is 37.4. The smallest absolute Gasteiger partial charge is 0.125 e. The lowest BCUT2D eigenvalue weighted by Gasteiger charge is -1.90. The Morgan fingerprint density at radius 2 is 2.30 bits per heavy atom. The zero-order chi connectivity index (χ0) is 7.14. The van der Waals surface area contributed by atoms with Gasteiger partial charge in [0.05, 0.1) is 6.04 Å². The Morgan fingerprint density at radius 3 is 3.10 bits per heavy atom. The van der Waals surface area contributed by atoms with Gasteiger partial charge in [0.25, 0.3) is 0 Å². The van der Waals surface area contributed by atoms with Gasteiger partial charge in [0.1, 0.15) is 5.17 Å². The van der Waals surface area contributed by atoms with Crippen molar-refractivity contribution in [1.29, 1.82) is 0 Å². The molecule has 0 radical (unpaired) electrons. The number of hydrogen-bond acceptors (Lipinski definition) is 1. The van der Waals surface area contributed by atoms with Crippen molar-refractivity contribution in [2.45, 2.75) is 18.9 Å². The van der Waals surface area contributed by atoms with Crippen LogP contribution in [0.5, 0.6) is 0 Å². The minimum atomic E-state index is 0.472. The van der Waals surface area contributed by atoms with Gasteiger partial charge in [0.15, 0.2) is 0 Å². The van der Waals surface area contributed by atoms with E-state index in [1.165, 1.54) is 6.42 Å². The van der Waals surface area contributed by atoms with Crippen LogP contribution in [0.2, 0.25) is 0 Å². The number of rotatable bonds is 0. The maximum atomic E-state index is 5.83. The molecule has 0 aromatic rings. The third-order valence-corrected chi connectivity index (χ3v) is 2.38. The molecule has 0 aromatic carbocycles. The second-order valence-corrected chi connectivity index (χ2v) is 3.68. The van der Waals surface area contributed by atoms with Crippen LogP contribution in [-0.2, 0) is 0 Å². The van der Waals surface area contributed by atoms with Crippen LogP contribution in [0.1, 0.15) is 12.8 Å². The number of fused-ring (bicyclic) bond motifs is 1. The highest BCUT2D eigenvalue weighted by molar-refractivity contribution is 6.69. The Bertz CT molecular complexity index is 220. The monoisotopic (exact) mass is 175 g/mol. The molecule has 1 fully saturated rings. The Kier molecular flexibility index (Phi) is 1.50. The van der Waals surface area contributed by atoms with Crippen molar-refractivity contribution in [3.8, 4) is 0 Å². The van der Waals surface area contributed by atoms with Crippen molar-refractivity contribution in [2.24, 2.45) is 10.9 Å². The largest absolute Gasteiger partial charge is 0.269 e. The lowest BCUT2D eigenvalue weighted by atomic mass is 10.3. The summed E-state index contributed by atoms with van der Waals surface area (Å²) < 4.78 is 0. The molecule has 0 bridgehead atoms. The van der Waals surface area contributed by atoms with E-state index in [2.05, 4.69) is 4.99 Å². The average Bonchev–Trinajstić information content (AvgIpc) is 2.43. The van der Waals surface area contributed by atoms with Gasteiger partial charge >= 0.3 is 0 Å². The molecule has 1 aliphatic heterocycles. The maximum Gasteiger partial charge on any atom is 0.125 e. The van der Waals surface area contributed by atoms with Crippen LogP contribution in [-0.4, -0.2) is 11.2 Å². The zero-order valence-electron chi connectivity index (χ0n) is 5.35. The highest BCUT2D eigenvalue weighted by atomic mass is 35.5. The van der Waals surface area contributed by atoms with Gasteiger partial charge in [-0.15, -0.1) is 0 Å². The Hall–Kier alpha value is -0.0100. The molecule has 3 heteroatoms. The first-order valence-electron chi connectivity index (χ1n) is 3.35. The Morgan fingerprint density at radius 1 is 1.50 bits per heavy atom. The van der Waals surface area contributed by atoms with E-state index in [1.807, 2.05) is 0 Å². The molecule has 2 aliphatic rings. The fraction of sp³-hybridized carbons (Fsp3) is 0.571. The first kappa shape index (κ1) is 6.68. The lowest BCUT2D eigenvalue weighted by molar-refractivity contribution is 0.809. The molecule has 1 nitrogen and oxygen atoms in total. The van der Waals surface area contributed by atoms with Crippen molar-refractivity contribution < 1.29 is 0 Å². The summed E-state index contributed by atoms with van der Waals surface area (Å²) in [6.45, 7) is 0. The summed E-state index contributed by atoms with van der Waals surface area (Å²) in [6, 6.07) is 0.472. The van der Waals surface area contributed by atoms with E-state index >= 15 is 0 Å². The predicted molar refractivity (Wildman–Crippen MR) is 43.7 cm³/mol. The van der Waals surface area contributed by atoms with Gasteiger partial charge in [-0.1, -0.05) is 23.2 Å². The zero-order valence-corrected chi connectivity index (χ0v) is 6.86. The summed E-state index contributed by atoms with van der Waals surface area (Å²) in [4.78, 5) is 4.22. The summed E-state index contributed by atoms with van der Waals surface area (Å²) in [5.41, 5.74) is 0. The summed E-state index contributed by atoms with van der Waals surface area (Å²) in [7, 11) is 0. The molecule has 10 heavy (non-hydrogen) atoms. The summed E-state index contributed by atoms with van der Waals surface area (Å²) in [5, 5.41) is 1.41. The molecule has 2 rings (SSSR count). The molecule has 2 unspecified atom stereocenters. The van der Waals surface area contributed by atoms with E-state index in [1.54, 1.807) is 6.08 Å². The molecule has 2 atom stereocenters. The molecule has 1 saturated carbocycles. The summed E-state index contributed by atoms with van der Waals surface area (Å²) in [5.74, 6) is 0.681. The molecule has 0 amide bonds. The molecular weight excluding hydrogens is 169 g/mol.